The summed E-state index contributed by atoms with van der Waals surface area (Å²) in [6, 6.07) is 7.31. The molecule has 4 N–H and O–H groups in total. The van der Waals surface area contributed by atoms with Gasteiger partial charge in [-0.25, -0.2) is 0 Å². The second-order valence-electron chi connectivity index (χ2n) is 14.8. The van der Waals surface area contributed by atoms with E-state index in [0.29, 0.717) is 50.0 Å². The SMILES string of the molecule is CN1CC[C@]23c4c5ccc(O)c4O[C@H]2/C(=N\N=C2\CC[C@@]4(O)C6Cc7ccc(O)c8c7[C@@]4(CCN6C)[C@H]2O8)CC[C@@]3(O)C1C5. The number of phenols is 2. The lowest BCUT2D eigenvalue weighted by Crippen LogP contribution is -2.76. The Morgan fingerprint density at radius 2 is 1.11 bits per heavy atom. The molecule has 4 fully saturated rings. The average Bonchev–Trinajstić information content (AvgIpc) is 3.54. The van der Waals surface area contributed by atoms with Gasteiger partial charge in [-0.2, -0.15) is 10.2 Å². The Balaban J connectivity index is 1.10. The van der Waals surface area contributed by atoms with Gasteiger partial charge in [0.15, 0.2) is 35.2 Å². The number of aromatic hydroxyl groups is 2. The molecule has 0 radical (unpaired) electrons. The van der Waals surface area contributed by atoms with Crippen molar-refractivity contribution in [3.63, 3.8) is 0 Å². The van der Waals surface area contributed by atoms with Crippen LogP contribution in [0.15, 0.2) is 34.5 Å². The molecular weight excluding hydrogens is 560 g/mol. The quantitative estimate of drug-likeness (QED) is 0.368. The van der Waals surface area contributed by atoms with Crippen LogP contribution in [0.5, 0.6) is 23.0 Å². The average molecular weight is 599 g/mol. The summed E-state index contributed by atoms with van der Waals surface area (Å²) in [7, 11) is 4.18. The zero-order chi connectivity index (χ0) is 30.0. The summed E-state index contributed by atoms with van der Waals surface area (Å²) in [4.78, 5) is 4.55. The summed E-state index contributed by atoms with van der Waals surface area (Å²) in [5.41, 5.74) is 2.31. The minimum atomic E-state index is -1.00. The number of likely N-dealkylation sites (N-methyl/N-ethyl adjacent to an activating group) is 2. The lowest BCUT2D eigenvalue weighted by molar-refractivity contribution is -0.161. The summed E-state index contributed by atoms with van der Waals surface area (Å²) < 4.78 is 13.2. The van der Waals surface area contributed by atoms with Gasteiger partial charge in [-0.3, -0.25) is 0 Å². The Morgan fingerprint density at radius 3 is 1.55 bits per heavy atom. The maximum atomic E-state index is 12.5. The van der Waals surface area contributed by atoms with Crippen molar-refractivity contribution < 1.29 is 29.9 Å². The van der Waals surface area contributed by atoms with E-state index in [2.05, 4.69) is 23.9 Å². The van der Waals surface area contributed by atoms with E-state index in [1.807, 2.05) is 12.1 Å². The highest BCUT2D eigenvalue weighted by atomic mass is 16.5. The Labute approximate surface area is 255 Å². The van der Waals surface area contributed by atoms with Gasteiger partial charge >= 0.3 is 0 Å². The van der Waals surface area contributed by atoms with Gasteiger partial charge in [-0.15, -0.1) is 0 Å². The Bertz CT molecular complexity index is 1620. The summed E-state index contributed by atoms with van der Waals surface area (Å²) >= 11 is 0. The number of ether oxygens (including phenoxy) is 2. The van der Waals surface area contributed by atoms with Crippen LogP contribution in [0.25, 0.3) is 0 Å². The first-order valence-electron chi connectivity index (χ1n) is 16.2. The molecule has 0 aromatic heterocycles. The maximum absolute atomic E-state index is 12.5. The minimum Gasteiger partial charge on any atom is -0.504 e. The highest BCUT2D eigenvalue weighted by Gasteiger charge is 2.74. The van der Waals surface area contributed by atoms with E-state index in [0.717, 1.165) is 59.6 Å². The molecule has 10 heteroatoms. The van der Waals surface area contributed by atoms with Crippen LogP contribution in [0.4, 0.5) is 0 Å². The number of likely N-dealkylation sites (tertiary alicyclic amines) is 2. The van der Waals surface area contributed by atoms with Crippen LogP contribution in [0.3, 0.4) is 0 Å². The number of hydrogen-bond donors (Lipinski definition) is 4. The molecule has 230 valence electrons. The topological polar surface area (TPSA) is 131 Å². The van der Waals surface area contributed by atoms with Crippen LogP contribution in [0.1, 0.15) is 60.8 Å². The lowest BCUT2D eigenvalue weighted by Gasteiger charge is -2.62. The predicted octanol–water partition coefficient (Wildman–Crippen LogP) is 2.16. The van der Waals surface area contributed by atoms with E-state index in [-0.39, 0.29) is 23.6 Å². The molecule has 10 nitrogen and oxygen atoms in total. The van der Waals surface area contributed by atoms with Crippen LogP contribution in [-0.2, 0) is 23.7 Å². The molecule has 4 heterocycles. The van der Waals surface area contributed by atoms with Gasteiger partial charge in [-0.05, 0) is 102 Å². The van der Waals surface area contributed by atoms with E-state index in [1.54, 1.807) is 12.1 Å². The van der Waals surface area contributed by atoms with Crippen molar-refractivity contribution in [3.05, 3.63) is 46.5 Å². The Kier molecular flexibility index (Phi) is 4.72. The van der Waals surface area contributed by atoms with E-state index in [1.165, 1.54) is 0 Å². The van der Waals surface area contributed by atoms with Crippen molar-refractivity contribution in [2.24, 2.45) is 10.2 Å². The first kappa shape index (κ1) is 26.1. The lowest BCUT2D eigenvalue weighted by atomic mass is 9.49. The standard InChI is InChI=1S/C34H38N4O6/c1-37-13-11-31-25-17-3-5-21(39)27(25)43-29(31)19(7-9-33(31,41)23(37)15-17)35-36-20-8-10-34(42)24-16-18-4-6-22(40)28-26(18)32(34,30(20)44-28)12-14-38(24)2/h3-6,23-24,29-30,39-42H,7-16H2,1-2H3/b35-19-,36-20-/t23?,24?,29-,30-,31-,32-,33+,34+/m0/s1. The smallest absolute Gasteiger partial charge is 0.166 e. The summed E-state index contributed by atoms with van der Waals surface area (Å²) in [6.45, 7) is 1.64. The van der Waals surface area contributed by atoms with E-state index < -0.39 is 34.2 Å². The van der Waals surface area contributed by atoms with Crippen LogP contribution in [0, 0.1) is 0 Å². The number of benzene rings is 2. The largest absolute Gasteiger partial charge is 0.504 e. The molecular formula is C34H38N4O6. The van der Waals surface area contributed by atoms with Crippen LogP contribution < -0.4 is 9.47 Å². The van der Waals surface area contributed by atoms with Crippen molar-refractivity contribution in [2.45, 2.75) is 97.7 Å². The molecule has 2 unspecified atom stereocenters. The predicted molar refractivity (Wildman–Crippen MR) is 161 cm³/mol. The monoisotopic (exact) mass is 598 g/mol. The van der Waals surface area contributed by atoms with Crippen LogP contribution in [-0.4, -0.2) is 104 Å². The second-order valence-corrected chi connectivity index (χ2v) is 14.8. The molecule has 2 spiro atoms. The van der Waals surface area contributed by atoms with Crippen LogP contribution in [0.2, 0.25) is 0 Å². The fourth-order valence-electron chi connectivity index (χ4n) is 11.4. The third-order valence-electron chi connectivity index (χ3n) is 13.4. The molecule has 2 aromatic carbocycles. The number of nitrogens with zero attached hydrogens (tertiary/aromatic N) is 4. The highest BCUT2D eigenvalue weighted by Crippen LogP contribution is 2.66. The first-order chi connectivity index (χ1) is 21.1. The van der Waals surface area contributed by atoms with E-state index in [4.69, 9.17) is 19.7 Å². The molecule has 8 aliphatic rings. The molecule has 0 amide bonds. The van der Waals surface area contributed by atoms with Crippen molar-refractivity contribution >= 4 is 11.4 Å². The maximum Gasteiger partial charge on any atom is 0.166 e. The number of hydrogen-bond acceptors (Lipinski definition) is 10. The summed E-state index contributed by atoms with van der Waals surface area (Å²) in [5, 5.41) is 56.7. The van der Waals surface area contributed by atoms with Gasteiger partial charge in [-0.1, -0.05) is 12.1 Å². The molecule has 8 atom stereocenters. The van der Waals surface area contributed by atoms with Crippen LogP contribution >= 0.6 is 0 Å². The number of rotatable bonds is 1. The Hall–Kier alpha value is -3.18. The summed E-state index contributed by atoms with van der Waals surface area (Å²) in [5.74, 6) is 1.17. The molecule has 10 rings (SSSR count). The van der Waals surface area contributed by atoms with E-state index in [9.17, 15) is 20.4 Å². The van der Waals surface area contributed by atoms with Gasteiger partial charge < -0.3 is 39.7 Å². The van der Waals surface area contributed by atoms with Gasteiger partial charge in [0.2, 0.25) is 0 Å². The molecule has 2 aromatic rings. The molecule has 2 saturated carbocycles. The molecule has 44 heavy (non-hydrogen) atoms. The molecule has 4 aliphatic heterocycles. The molecule has 4 aliphatic carbocycles. The van der Waals surface area contributed by atoms with Crippen molar-refractivity contribution in [2.75, 3.05) is 27.2 Å². The van der Waals surface area contributed by atoms with E-state index >= 15 is 0 Å². The summed E-state index contributed by atoms with van der Waals surface area (Å²) in [6.07, 6.45) is 3.95. The van der Waals surface area contributed by atoms with Gasteiger partial charge in [0, 0.05) is 23.2 Å². The highest BCUT2D eigenvalue weighted by molar-refractivity contribution is 5.97. The third kappa shape index (κ3) is 2.61. The normalized spacial score (nSPS) is 44.3. The Morgan fingerprint density at radius 1 is 0.682 bits per heavy atom. The van der Waals surface area contributed by atoms with Crippen molar-refractivity contribution in [1.82, 2.24) is 9.80 Å². The van der Waals surface area contributed by atoms with Gasteiger partial charge in [0.05, 0.1) is 33.5 Å². The number of piperidine rings is 2. The number of aliphatic hydroxyl groups is 2. The molecule has 4 bridgehead atoms. The molecule has 2 saturated heterocycles. The second kappa shape index (κ2) is 7.96. The van der Waals surface area contributed by atoms with Gasteiger partial charge in [0.1, 0.15) is 0 Å². The van der Waals surface area contributed by atoms with Crippen molar-refractivity contribution in [3.8, 4) is 23.0 Å². The van der Waals surface area contributed by atoms with Crippen molar-refractivity contribution in [1.29, 1.82) is 0 Å². The number of phenolic OH excluding ortho intramolecular Hbond substituents is 2. The van der Waals surface area contributed by atoms with Gasteiger partial charge in [0.25, 0.3) is 0 Å². The third-order valence-corrected chi connectivity index (χ3v) is 13.4. The fraction of sp³-hybridized carbons (Fsp3) is 0.588. The minimum absolute atomic E-state index is 0.0377. The first-order valence-corrected chi connectivity index (χ1v) is 16.2. The fourth-order valence-corrected chi connectivity index (χ4v) is 11.4. The zero-order valence-corrected chi connectivity index (χ0v) is 25.1. The zero-order valence-electron chi connectivity index (χ0n) is 25.1.